The van der Waals surface area contributed by atoms with Crippen molar-refractivity contribution in [3.63, 3.8) is 0 Å². The molecule has 149 heavy (non-hydrogen) atoms. The fourth-order valence-corrected chi connectivity index (χ4v) is 25.6. The van der Waals surface area contributed by atoms with Gasteiger partial charge >= 0.3 is 0 Å². The largest absolute Gasteiger partial charge is 0.435 e. The Bertz CT molecular complexity index is 10600. The number of nitrogens with zero attached hydrogens (tertiary/aromatic N) is 3. The fraction of sp³-hybridized carbons (Fsp3) is 0.0140. The van der Waals surface area contributed by atoms with Crippen LogP contribution in [0.25, 0.3) is 265 Å². The van der Waals surface area contributed by atoms with Crippen LogP contribution in [0.5, 0.6) is 0 Å². The van der Waals surface area contributed by atoms with E-state index in [2.05, 4.69) is 425 Å². The number of benzene rings is 26. The zero-order valence-corrected chi connectivity index (χ0v) is 80.6. The van der Waals surface area contributed by atoms with Crippen molar-refractivity contribution >= 4 is 130 Å². The summed E-state index contributed by atoms with van der Waals surface area (Å²) in [6, 6.07) is 187. The molecule has 0 N–H and O–H groups in total. The molecule has 6 heteroatoms. The Hall–Kier alpha value is -19.5. The Morgan fingerprint density at radius 3 is 0.960 bits per heavy atom. The summed E-state index contributed by atoms with van der Waals surface area (Å²) < 4.78 is 19.6. The van der Waals surface area contributed by atoms with Gasteiger partial charge in [-0.25, -0.2) is 15.0 Å². The van der Waals surface area contributed by atoms with Gasteiger partial charge in [-0.15, -0.1) is 0 Å². The molecular formula is C143H85N3O3. The smallest absolute Gasteiger partial charge is 0.227 e. The monoisotopic (exact) mass is 1890 g/mol. The van der Waals surface area contributed by atoms with Crippen LogP contribution in [0.1, 0.15) is 44.5 Å². The molecule has 4 aliphatic carbocycles. The van der Waals surface area contributed by atoms with E-state index in [9.17, 15) is 0 Å². The van der Waals surface area contributed by atoms with Crippen molar-refractivity contribution in [2.75, 3.05) is 0 Å². The Kier molecular flexibility index (Phi) is 18.6. The molecule has 4 aliphatic rings. The number of hydrogen-bond acceptors (Lipinski definition) is 6. The highest BCUT2D eigenvalue weighted by molar-refractivity contribution is 6.23. The number of hydrogen-bond donors (Lipinski definition) is 0. The van der Waals surface area contributed by atoms with E-state index in [1.54, 1.807) is 0 Å². The van der Waals surface area contributed by atoms with Gasteiger partial charge < -0.3 is 13.3 Å². The molecule has 0 fully saturated rings. The van der Waals surface area contributed by atoms with Crippen LogP contribution in [0.15, 0.2) is 529 Å². The summed E-state index contributed by atoms with van der Waals surface area (Å²) in [5.74, 6) is 1.93. The molecule has 0 saturated heterocycles. The van der Waals surface area contributed by atoms with Crippen molar-refractivity contribution in [3.05, 3.63) is 560 Å². The molecule has 0 amide bonds. The molecule has 33 rings (SSSR count). The lowest BCUT2D eigenvalue weighted by Crippen LogP contribution is -2.28. The Morgan fingerprint density at radius 2 is 0.456 bits per heavy atom. The SMILES string of the molecule is c1ccc(-c2nc3ccc4ccc5ccc(-c6ccc7c(c6)C(c6ccccc6)(c6ccccc6)c6c-7ccc7ccccc67)cc5c4c3o2)cc1.c1ccc(-c2nc3ccc4ccc5ccc(-c6ccc7c(c6)C6(c8ccccc8-c8ccccc86)c6cc8ccccc8cc6-7)cc5c4c3o2)cc1.c1ccc(-c2nc3ccc4ccc5ccc(-c6cccc(-c7ccc8c9c(cccc79)-c7ccccc7-8)c6)cc5c4c3o2)cc1. The second-order valence-corrected chi connectivity index (χ2v) is 40.0. The molecule has 6 nitrogen and oxygen atoms in total. The topological polar surface area (TPSA) is 78.1 Å². The van der Waals surface area contributed by atoms with Crippen LogP contribution >= 0.6 is 0 Å². The lowest BCUT2D eigenvalue weighted by Gasteiger charge is -2.35. The first-order chi connectivity index (χ1) is 73.8. The van der Waals surface area contributed by atoms with Crippen LogP contribution in [0, 0.1) is 0 Å². The predicted octanol–water partition coefficient (Wildman–Crippen LogP) is 37.9. The van der Waals surface area contributed by atoms with Gasteiger partial charge in [0.25, 0.3) is 0 Å². The van der Waals surface area contributed by atoms with E-state index in [-0.39, 0.29) is 0 Å². The third-order valence-corrected chi connectivity index (χ3v) is 32.2. The molecule has 3 aromatic heterocycles. The van der Waals surface area contributed by atoms with Crippen molar-refractivity contribution in [2.45, 2.75) is 10.8 Å². The zero-order valence-electron chi connectivity index (χ0n) is 80.6. The van der Waals surface area contributed by atoms with Gasteiger partial charge in [-0.2, -0.15) is 0 Å². The summed E-state index contributed by atoms with van der Waals surface area (Å²) in [4.78, 5) is 14.7. The maximum absolute atomic E-state index is 6.57. The third-order valence-electron chi connectivity index (χ3n) is 32.2. The van der Waals surface area contributed by atoms with Gasteiger partial charge in [0.2, 0.25) is 17.7 Å². The van der Waals surface area contributed by atoms with E-state index in [0.717, 1.165) is 93.1 Å². The summed E-state index contributed by atoms with van der Waals surface area (Å²) >= 11 is 0. The number of oxazole rings is 3. The first-order valence-corrected chi connectivity index (χ1v) is 51.2. The normalized spacial score (nSPS) is 12.9. The van der Waals surface area contributed by atoms with Gasteiger partial charge in [0.05, 0.1) is 10.8 Å². The lowest BCUT2D eigenvalue weighted by atomic mass is 9.66. The predicted molar refractivity (Wildman–Crippen MR) is 616 cm³/mol. The Labute approximate surface area is 857 Å². The van der Waals surface area contributed by atoms with E-state index >= 15 is 0 Å². The fourth-order valence-electron chi connectivity index (χ4n) is 25.6. The molecule has 0 atom stereocenters. The van der Waals surface area contributed by atoms with Gasteiger partial charge in [-0.05, 0) is 329 Å². The van der Waals surface area contributed by atoms with Crippen molar-refractivity contribution in [1.29, 1.82) is 0 Å². The van der Waals surface area contributed by atoms with Crippen molar-refractivity contribution in [3.8, 4) is 135 Å². The highest BCUT2D eigenvalue weighted by atomic mass is 16.4. The van der Waals surface area contributed by atoms with Gasteiger partial charge in [0, 0.05) is 32.8 Å². The maximum atomic E-state index is 6.57. The molecular weight excluding hydrogens is 1810 g/mol. The molecule has 0 bridgehead atoms. The van der Waals surface area contributed by atoms with Crippen LogP contribution in [0.4, 0.5) is 0 Å². The summed E-state index contributed by atoms with van der Waals surface area (Å²) in [6.07, 6.45) is 0. The second-order valence-electron chi connectivity index (χ2n) is 40.0. The van der Waals surface area contributed by atoms with Gasteiger partial charge in [-0.1, -0.05) is 413 Å². The highest BCUT2D eigenvalue weighted by Crippen LogP contribution is 2.65. The summed E-state index contributed by atoms with van der Waals surface area (Å²) in [5.41, 5.74) is 40.4. The van der Waals surface area contributed by atoms with Crippen molar-refractivity contribution < 1.29 is 13.3 Å². The van der Waals surface area contributed by atoms with Gasteiger partial charge in [0.15, 0.2) is 16.7 Å². The number of aromatic nitrogens is 3. The second kappa shape index (κ2) is 33.0. The molecule has 1 spiro atoms. The zero-order chi connectivity index (χ0) is 97.7. The van der Waals surface area contributed by atoms with Gasteiger partial charge in [-0.3, -0.25) is 0 Å². The average Bonchev–Trinajstić information content (AvgIpc) is 1.50. The standard InChI is InChI=1S/C50H29NO.C50H31NO.C43H25NO/c1-2-10-32(11-3-1)49-51-46-25-23-31-20-18-30-19-21-35(26-40(30)47(31)48(46)52-49)36-22-24-39-41-27-33-12-4-5-13-34(33)28-45(41)50(44(39)29-36)42-16-8-6-14-37(42)38-15-7-9-17-43(38)50;1-4-13-35(14-5-1)49-51-45-29-26-34-22-20-33-21-23-36(30-43(33)46(34)48(45)52-49)37-25-27-41-42-28-24-32-12-10-11-19-40(32)47(42)50(44(41)31-37,38-15-6-2-7-16-38)39-17-8-3-9-18-39;1-2-8-28(9-3-1)43-44-39-23-20-27-18-16-26-17-19-30(25-38(26)40(27)42(39)45-43)29-10-6-11-31(24-29)32-21-22-37-34-13-5-4-12-33(34)36-15-7-14-35(32)41(36)37/h1-29H;1-31H;1-25H. The summed E-state index contributed by atoms with van der Waals surface area (Å²) in [6.45, 7) is 0. The molecule has 690 valence electrons. The maximum Gasteiger partial charge on any atom is 0.227 e. The molecule has 0 aliphatic heterocycles. The van der Waals surface area contributed by atoms with E-state index < -0.39 is 10.8 Å². The Morgan fingerprint density at radius 1 is 0.148 bits per heavy atom. The van der Waals surface area contributed by atoms with E-state index in [4.69, 9.17) is 28.2 Å². The van der Waals surface area contributed by atoms with Gasteiger partial charge in [0.1, 0.15) is 16.6 Å². The number of rotatable bonds is 9. The molecule has 26 aromatic carbocycles. The minimum atomic E-state index is -0.507. The summed E-state index contributed by atoms with van der Waals surface area (Å²) in [5, 5.41) is 21.5. The molecule has 0 unspecified atom stereocenters. The van der Waals surface area contributed by atoms with Crippen LogP contribution in [-0.4, -0.2) is 15.0 Å². The van der Waals surface area contributed by atoms with E-state index in [1.165, 1.54) is 199 Å². The highest BCUT2D eigenvalue weighted by Gasteiger charge is 2.53. The Balaban J connectivity index is 0.000000101. The minimum Gasteiger partial charge on any atom is -0.435 e. The van der Waals surface area contributed by atoms with E-state index in [0.29, 0.717) is 17.7 Å². The van der Waals surface area contributed by atoms with Crippen LogP contribution in [0.3, 0.4) is 0 Å². The van der Waals surface area contributed by atoms with Crippen molar-refractivity contribution in [2.24, 2.45) is 0 Å². The van der Waals surface area contributed by atoms with E-state index in [1.807, 2.05) is 91.0 Å². The number of fused-ring (bicyclic) bond motifs is 34. The van der Waals surface area contributed by atoms with Crippen LogP contribution in [-0.2, 0) is 10.8 Å². The summed E-state index contributed by atoms with van der Waals surface area (Å²) in [7, 11) is 0. The molecule has 0 saturated carbocycles. The van der Waals surface area contributed by atoms with Crippen molar-refractivity contribution in [1.82, 2.24) is 15.0 Å². The molecule has 29 aromatic rings. The average molecular weight is 1890 g/mol. The van der Waals surface area contributed by atoms with Crippen LogP contribution in [0.2, 0.25) is 0 Å². The van der Waals surface area contributed by atoms with Crippen LogP contribution < -0.4 is 0 Å². The minimum absolute atomic E-state index is 0.415. The lowest BCUT2D eigenvalue weighted by molar-refractivity contribution is 0.623. The quantitative estimate of drug-likeness (QED) is 0.134. The third kappa shape index (κ3) is 12.8. The first-order valence-electron chi connectivity index (χ1n) is 51.2. The molecule has 3 heterocycles. The molecule has 0 radical (unpaired) electrons. The first kappa shape index (κ1) is 84.0.